The molecule has 0 saturated heterocycles. The van der Waals surface area contributed by atoms with Crippen molar-refractivity contribution in [3.63, 3.8) is 0 Å². The number of rotatable bonds is 7. The first-order valence-electron chi connectivity index (χ1n) is 12.1. The number of phenolic OH excluding ortho intramolecular Hbond substituents is 1. The fourth-order valence-corrected chi connectivity index (χ4v) is 5.22. The van der Waals surface area contributed by atoms with Gasteiger partial charge in [0, 0.05) is 0 Å². The molecule has 0 atom stereocenters. The van der Waals surface area contributed by atoms with Gasteiger partial charge in [-0.1, -0.05) is 87.2 Å². The lowest BCUT2D eigenvalue weighted by molar-refractivity contribution is 0.303. The average Bonchev–Trinajstić information content (AvgIpc) is 2.80. The minimum absolute atomic E-state index is 0.308. The molecule has 31 heavy (non-hydrogen) atoms. The van der Waals surface area contributed by atoms with E-state index in [0.717, 1.165) is 17.4 Å². The summed E-state index contributed by atoms with van der Waals surface area (Å²) in [6.07, 6.45) is 11.1. The SMILES string of the molecule is CCCCCC1CCC(c2ccc(-c3ccc(-c4ccc(O)cc4)cc3C)cc2)CC1. The van der Waals surface area contributed by atoms with Crippen molar-refractivity contribution in [1.29, 1.82) is 0 Å². The molecule has 1 nitrogen and oxygen atoms in total. The lowest BCUT2D eigenvalue weighted by Gasteiger charge is -2.29. The number of phenols is 1. The number of hydrogen-bond donors (Lipinski definition) is 1. The van der Waals surface area contributed by atoms with E-state index >= 15 is 0 Å². The highest BCUT2D eigenvalue weighted by atomic mass is 16.3. The van der Waals surface area contributed by atoms with Gasteiger partial charge < -0.3 is 5.11 Å². The summed E-state index contributed by atoms with van der Waals surface area (Å²) >= 11 is 0. The normalized spacial score (nSPS) is 18.8. The second-order valence-electron chi connectivity index (χ2n) is 9.41. The third kappa shape index (κ3) is 5.39. The molecule has 1 fully saturated rings. The largest absolute Gasteiger partial charge is 0.508 e. The number of benzene rings is 3. The molecule has 0 unspecified atom stereocenters. The zero-order valence-corrected chi connectivity index (χ0v) is 19.1. The number of unbranched alkanes of at least 4 members (excludes halogenated alkanes) is 2. The Bertz CT molecular complexity index is 960. The summed E-state index contributed by atoms with van der Waals surface area (Å²) in [6.45, 7) is 4.49. The summed E-state index contributed by atoms with van der Waals surface area (Å²) < 4.78 is 0. The van der Waals surface area contributed by atoms with Crippen LogP contribution in [0.25, 0.3) is 22.3 Å². The van der Waals surface area contributed by atoms with Gasteiger partial charge in [0.05, 0.1) is 0 Å². The van der Waals surface area contributed by atoms with Gasteiger partial charge in [-0.3, -0.25) is 0 Å². The van der Waals surface area contributed by atoms with Crippen molar-refractivity contribution in [2.75, 3.05) is 0 Å². The van der Waals surface area contributed by atoms with Crippen LogP contribution in [-0.4, -0.2) is 5.11 Å². The third-order valence-corrected chi connectivity index (χ3v) is 7.18. The van der Waals surface area contributed by atoms with Crippen LogP contribution in [0.4, 0.5) is 0 Å². The summed E-state index contributed by atoms with van der Waals surface area (Å²) in [4.78, 5) is 0. The van der Waals surface area contributed by atoms with Gasteiger partial charge in [0.25, 0.3) is 0 Å². The maximum absolute atomic E-state index is 9.52. The summed E-state index contributed by atoms with van der Waals surface area (Å²) in [5.74, 6) is 2.02. The van der Waals surface area contributed by atoms with Crippen molar-refractivity contribution < 1.29 is 5.11 Å². The summed E-state index contributed by atoms with van der Waals surface area (Å²) in [5.41, 5.74) is 7.72. The van der Waals surface area contributed by atoms with E-state index in [0.29, 0.717) is 5.75 Å². The number of hydrogen-bond acceptors (Lipinski definition) is 1. The molecule has 0 bridgehead atoms. The van der Waals surface area contributed by atoms with E-state index in [2.05, 4.69) is 56.3 Å². The molecule has 0 heterocycles. The fraction of sp³-hybridized carbons (Fsp3) is 0.400. The molecular formula is C30H36O. The topological polar surface area (TPSA) is 20.2 Å². The first kappa shape index (κ1) is 21.7. The van der Waals surface area contributed by atoms with Gasteiger partial charge in [0.15, 0.2) is 0 Å². The average molecular weight is 413 g/mol. The standard InChI is InChI=1S/C30H36O/c1-3-4-5-6-23-7-9-24(10-8-23)25-11-13-27(14-12-25)30-20-17-28(21-22(30)2)26-15-18-29(31)19-16-26/h11-21,23-24,31H,3-10H2,1-2H3. The number of aromatic hydroxyl groups is 1. The maximum atomic E-state index is 9.52. The first-order chi connectivity index (χ1) is 15.1. The van der Waals surface area contributed by atoms with Crippen molar-refractivity contribution >= 4 is 0 Å². The third-order valence-electron chi connectivity index (χ3n) is 7.18. The van der Waals surface area contributed by atoms with Crippen LogP contribution in [0.5, 0.6) is 5.75 Å². The Morgan fingerprint density at radius 2 is 1.39 bits per heavy atom. The predicted octanol–water partition coefficient (Wildman–Crippen LogP) is 8.89. The second kappa shape index (κ2) is 10.2. The summed E-state index contributed by atoms with van der Waals surface area (Å²) in [5, 5.41) is 9.52. The van der Waals surface area contributed by atoms with Gasteiger partial charge in [-0.2, -0.15) is 0 Å². The highest BCUT2D eigenvalue weighted by Crippen LogP contribution is 2.38. The minimum atomic E-state index is 0.308. The van der Waals surface area contributed by atoms with Crippen molar-refractivity contribution in [3.8, 4) is 28.0 Å². The van der Waals surface area contributed by atoms with Gasteiger partial charge in [-0.15, -0.1) is 0 Å². The van der Waals surface area contributed by atoms with E-state index in [9.17, 15) is 5.11 Å². The van der Waals surface area contributed by atoms with E-state index in [4.69, 9.17) is 0 Å². The smallest absolute Gasteiger partial charge is 0.115 e. The van der Waals surface area contributed by atoms with Crippen molar-refractivity contribution in [2.45, 2.75) is 71.1 Å². The highest BCUT2D eigenvalue weighted by Gasteiger charge is 2.22. The van der Waals surface area contributed by atoms with E-state index in [1.54, 1.807) is 12.1 Å². The molecule has 162 valence electrons. The lowest BCUT2D eigenvalue weighted by Crippen LogP contribution is -2.13. The predicted molar refractivity (Wildman–Crippen MR) is 133 cm³/mol. The van der Waals surface area contributed by atoms with Crippen molar-refractivity contribution in [3.05, 3.63) is 77.9 Å². The molecule has 4 rings (SSSR count). The van der Waals surface area contributed by atoms with Crippen LogP contribution in [0.1, 0.15) is 75.3 Å². The van der Waals surface area contributed by atoms with Crippen LogP contribution in [0.3, 0.4) is 0 Å². The van der Waals surface area contributed by atoms with Gasteiger partial charge in [0.2, 0.25) is 0 Å². The molecule has 1 aliphatic rings. The fourth-order valence-electron chi connectivity index (χ4n) is 5.22. The van der Waals surface area contributed by atoms with Crippen LogP contribution >= 0.6 is 0 Å². The zero-order valence-electron chi connectivity index (χ0n) is 19.1. The van der Waals surface area contributed by atoms with Crippen LogP contribution in [0.2, 0.25) is 0 Å². The van der Waals surface area contributed by atoms with Crippen LogP contribution < -0.4 is 0 Å². The maximum Gasteiger partial charge on any atom is 0.115 e. The lowest BCUT2D eigenvalue weighted by atomic mass is 9.77. The summed E-state index contributed by atoms with van der Waals surface area (Å²) in [7, 11) is 0. The molecule has 1 saturated carbocycles. The van der Waals surface area contributed by atoms with Gasteiger partial charge in [-0.25, -0.2) is 0 Å². The molecule has 3 aromatic rings. The molecule has 0 radical (unpaired) electrons. The molecule has 0 aliphatic heterocycles. The Kier molecular flexibility index (Phi) is 7.12. The molecule has 0 aromatic heterocycles. The van der Waals surface area contributed by atoms with Crippen molar-refractivity contribution in [1.82, 2.24) is 0 Å². The highest BCUT2D eigenvalue weighted by molar-refractivity contribution is 5.73. The molecule has 0 spiro atoms. The first-order valence-corrected chi connectivity index (χ1v) is 12.1. The van der Waals surface area contributed by atoms with Crippen LogP contribution in [0.15, 0.2) is 66.7 Å². The zero-order chi connectivity index (χ0) is 21.6. The van der Waals surface area contributed by atoms with Crippen molar-refractivity contribution in [2.24, 2.45) is 5.92 Å². The van der Waals surface area contributed by atoms with E-state index in [1.165, 1.54) is 79.2 Å². The minimum Gasteiger partial charge on any atom is -0.508 e. The number of aryl methyl sites for hydroxylation is 1. The van der Waals surface area contributed by atoms with Crippen LogP contribution in [0, 0.1) is 12.8 Å². The Morgan fingerprint density at radius 1 is 0.742 bits per heavy atom. The second-order valence-corrected chi connectivity index (χ2v) is 9.41. The quantitative estimate of drug-likeness (QED) is 0.384. The van der Waals surface area contributed by atoms with Gasteiger partial charge in [-0.05, 0) is 90.0 Å². The molecule has 3 aromatic carbocycles. The van der Waals surface area contributed by atoms with E-state index in [-0.39, 0.29) is 0 Å². The Labute approximate surface area is 188 Å². The molecule has 0 amide bonds. The molecular weight excluding hydrogens is 376 g/mol. The Morgan fingerprint density at radius 3 is 2.03 bits per heavy atom. The van der Waals surface area contributed by atoms with Gasteiger partial charge >= 0.3 is 0 Å². The van der Waals surface area contributed by atoms with Crippen LogP contribution in [-0.2, 0) is 0 Å². The van der Waals surface area contributed by atoms with Gasteiger partial charge in [0.1, 0.15) is 5.75 Å². The monoisotopic (exact) mass is 412 g/mol. The Balaban J connectivity index is 1.41. The molecule has 1 N–H and O–H groups in total. The van der Waals surface area contributed by atoms with E-state index < -0.39 is 0 Å². The molecule has 1 aliphatic carbocycles. The summed E-state index contributed by atoms with van der Waals surface area (Å²) in [6, 6.07) is 23.4. The molecule has 1 heteroatoms. The van der Waals surface area contributed by atoms with E-state index in [1.807, 2.05) is 12.1 Å². The Hall–Kier alpha value is -2.54.